The number of rotatable bonds is 3. The Balaban J connectivity index is 2.06. The van der Waals surface area contributed by atoms with Crippen molar-refractivity contribution in [2.75, 3.05) is 18.5 Å². The average molecular weight is 263 g/mol. The van der Waals surface area contributed by atoms with Crippen molar-refractivity contribution in [1.82, 2.24) is 0 Å². The molecule has 1 aliphatic rings. The molecule has 5 heteroatoms. The predicted octanol–water partition coefficient (Wildman–Crippen LogP) is 2.06. The van der Waals surface area contributed by atoms with Crippen LogP contribution >= 0.6 is 0 Å². The minimum Gasteiger partial charge on any atom is -0.478 e. The van der Waals surface area contributed by atoms with Crippen LogP contribution in [0.25, 0.3) is 0 Å². The van der Waals surface area contributed by atoms with Crippen LogP contribution in [0.15, 0.2) is 18.2 Å². The molecule has 0 aliphatic carbocycles. The number of aromatic carboxylic acids is 1. The number of carbonyl (C=O) groups is 2. The van der Waals surface area contributed by atoms with Gasteiger partial charge in [-0.05, 0) is 43.5 Å². The van der Waals surface area contributed by atoms with Crippen LogP contribution in [0.5, 0.6) is 0 Å². The summed E-state index contributed by atoms with van der Waals surface area (Å²) >= 11 is 0. The van der Waals surface area contributed by atoms with E-state index in [4.69, 9.17) is 9.84 Å². The number of benzene rings is 1. The molecule has 0 saturated carbocycles. The highest BCUT2D eigenvalue weighted by molar-refractivity contribution is 5.94. The molecule has 0 radical (unpaired) electrons. The summed E-state index contributed by atoms with van der Waals surface area (Å²) in [6.45, 7) is 3.02. The van der Waals surface area contributed by atoms with E-state index in [1.165, 1.54) is 6.07 Å². The van der Waals surface area contributed by atoms with E-state index >= 15 is 0 Å². The van der Waals surface area contributed by atoms with E-state index < -0.39 is 5.97 Å². The van der Waals surface area contributed by atoms with E-state index in [9.17, 15) is 9.59 Å². The van der Waals surface area contributed by atoms with Gasteiger partial charge in [-0.3, -0.25) is 4.79 Å². The highest BCUT2D eigenvalue weighted by atomic mass is 16.5. The lowest BCUT2D eigenvalue weighted by Crippen LogP contribution is -2.28. The van der Waals surface area contributed by atoms with Gasteiger partial charge in [0, 0.05) is 24.8 Å². The normalized spacial score (nSPS) is 16.1. The van der Waals surface area contributed by atoms with Crippen molar-refractivity contribution >= 4 is 17.6 Å². The second kappa shape index (κ2) is 5.84. The maximum atomic E-state index is 12.1. The summed E-state index contributed by atoms with van der Waals surface area (Å²) in [5, 5.41) is 11.7. The molecule has 0 atom stereocenters. The van der Waals surface area contributed by atoms with E-state index in [1.54, 1.807) is 19.1 Å². The van der Waals surface area contributed by atoms with Crippen LogP contribution < -0.4 is 5.32 Å². The summed E-state index contributed by atoms with van der Waals surface area (Å²) in [6, 6.07) is 4.69. The lowest BCUT2D eigenvalue weighted by atomic mass is 9.99. The number of aryl methyl sites for hydroxylation is 1. The first-order valence-electron chi connectivity index (χ1n) is 6.30. The Labute approximate surface area is 111 Å². The Morgan fingerprint density at radius 3 is 2.58 bits per heavy atom. The van der Waals surface area contributed by atoms with E-state index in [-0.39, 0.29) is 17.4 Å². The first-order chi connectivity index (χ1) is 9.08. The summed E-state index contributed by atoms with van der Waals surface area (Å²) in [7, 11) is 0. The summed E-state index contributed by atoms with van der Waals surface area (Å²) < 4.78 is 5.22. The Kier molecular flexibility index (Phi) is 4.16. The predicted molar refractivity (Wildman–Crippen MR) is 70.3 cm³/mol. The number of nitrogens with one attached hydrogen (secondary N) is 1. The zero-order valence-electron chi connectivity index (χ0n) is 10.8. The number of hydrogen-bond donors (Lipinski definition) is 2. The monoisotopic (exact) mass is 263 g/mol. The average Bonchev–Trinajstić information content (AvgIpc) is 2.41. The van der Waals surface area contributed by atoms with Gasteiger partial charge in [-0.25, -0.2) is 4.79 Å². The maximum Gasteiger partial charge on any atom is 0.335 e. The fourth-order valence-electron chi connectivity index (χ4n) is 2.13. The highest BCUT2D eigenvalue weighted by Gasteiger charge is 2.22. The zero-order chi connectivity index (χ0) is 13.8. The van der Waals surface area contributed by atoms with Gasteiger partial charge in [0.05, 0.1) is 5.56 Å². The number of carboxylic acid groups (broad SMARTS) is 1. The van der Waals surface area contributed by atoms with Crippen LogP contribution in [0.2, 0.25) is 0 Å². The van der Waals surface area contributed by atoms with Gasteiger partial charge in [0.15, 0.2) is 0 Å². The highest BCUT2D eigenvalue weighted by Crippen LogP contribution is 2.20. The Bertz CT molecular complexity index is 492. The third-order valence-electron chi connectivity index (χ3n) is 3.32. The molecule has 1 aromatic carbocycles. The second-order valence-corrected chi connectivity index (χ2v) is 4.71. The number of ether oxygens (including phenoxy) is 1. The van der Waals surface area contributed by atoms with Crippen LogP contribution in [0.1, 0.15) is 28.8 Å². The van der Waals surface area contributed by atoms with Crippen LogP contribution in [-0.2, 0) is 9.53 Å². The number of carbonyl (C=O) groups excluding carboxylic acids is 1. The topological polar surface area (TPSA) is 75.6 Å². The Morgan fingerprint density at radius 1 is 1.32 bits per heavy atom. The Hall–Kier alpha value is -1.88. The molecule has 19 heavy (non-hydrogen) atoms. The number of amides is 1. The van der Waals surface area contributed by atoms with Gasteiger partial charge >= 0.3 is 5.97 Å². The number of carboxylic acids is 1. The molecule has 102 valence electrons. The van der Waals surface area contributed by atoms with Gasteiger partial charge in [0.1, 0.15) is 0 Å². The lowest BCUT2D eigenvalue weighted by Gasteiger charge is -2.21. The molecule has 1 fully saturated rings. The Morgan fingerprint density at radius 2 is 2.00 bits per heavy atom. The van der Waals surface area contributed by atoms with Gasteiger partial charge in [0.25, 0.3) is 0 Å². The van der Waals surface area contributed by atoms with E-state index in [0.717, 1.165) is 18.4 Å². The van der Waals surface area contributed by atoms with Crippen molar-refractivity contribution in [1.29, 1.82) is 0 Å². The fourth-order valence-corrected chi connectivity index (χ4v) is 2.13. The molecule has 1 saturated heterocycles. The van der Waals surface area contributed by atoms with Gasteiger partial charge in [-0.1, -0.05) is 0 Å². The molecule has 1 heterocycles. The third kappa shape index (κ3) is 3.32. The number of anilines is 1. The van der Waals surface area contributed by atoms with Crippen molar-refractivity contribution < 1.29 is 19.4 Å². The van der Waals surface area contributed by atoms with Gasteiger partial charge in [-0.2, -0.15) is 0 Å². The smallest absolute Gasteiger partial charge is 0.335 e. The lowest BCUT2D eigenvalue weighted by molar-refractivity contribution is -0.122. The molecular formula is C14H17NO4. The molecule has 1 aromatic rings. The quantitative estimate of drug-likeness (QED) is 0.875. The standard InChI is InChI=1S/C14H17NO4/c1-9-8-11(14(17)18)2-3-12(9)15-13(16)10-4-6-19-7-5-10/h2-3,8,10H,4-7H2,1H3,(H,15,16)(H,17,18). The van der Waals surface area contributed by atoms with E-state index in [1.807, 2.05) is 0 Å². The van der Waals surface area contributed by atoms with Crippen molar-refractivity contribution in [2.24, 2.45) is 5.92 Å². The minimum atomic E-state index is -0.967. The van der Waals surface area contributed by atoms with Gasteiger partial charge < -0.3 is 15.2 Å². The molecule has 0 bridgehead atoms. The van der Waals surface area contributed by atoms with Crippen LogP contribution in [0.4, 0.5) is 5.69 Å². The SMILES string of the molecule is Cc1cc(C(=O)O)ccc1NC(=O)C1CCOCC1. The van der Waals surface area contributed by atoms with E-state index in [0.29, 0.717) is 18.9 Å². The summed E-state index contributed by atoms with van der Waals surface area (Å²) in [4.78, 5) is 22.9. The largest absolute Gasteiger partial charge is 0.478 e. The summed E-state index contributed by atoms with van der Waals surface area (Å²) in [5.74, 6) is -1.01. The molecule has 2 N–H and O–H groups in total. The molecule has 1 aliphatic heterocycles. The molecule has 0 aromatic heterocycles. The first kappa shape index (κ1) is 13.5. The third-order valence-corrected chi connectivity index (χ3v) is 3.32. The van der Waals surface area contributed by atoms with Gasteiger partial charge in [0.2, 0.25) is 5.91 Å². The van der Waals surface area contributed by atoms with Crippen LogP contribution in [-0.4, -0.2) is 30.2 Å². The number of hydrogen-bond acceptors (Lipinski definition) is 3. The zero-order valence-corrected chi connectivity index (χ0v) is 10.8. The molecule has 0 unspecified atom stereocenters. The first-order valence-corrected chi connectivity index (χ1v) is 6.30. The molecule has 2 rings (SSSR count). The minimum absolute atomic E-state index is 0.0190. The molecule has 5 nitrogen and oxygen atoms in total. The summed E-state index contributed by atoms with van der Waals surface area (Å²) in [5.41, 5.74) is 1.64. The van der Waals surface area contributed by atoms with E-state index in [2.05, 4.69) is 5.32 Å². The maximum absolute atomic E-state index is 12.1. The van der Waals surface area contributed by atoms with Crippen LogP contribution in [0.3, 0.4) is 0 Å². The molecule has 0 spiro atoms. The van der Waals surface area contributed by atoms with Crippen LogP contribution in [0, 0.1) is 12.8 Å². The fraction of sp³-hybridized carbons (Fsp3) is 0.429. The van der Waals surface area contributed by atoms with Crippen molar-refractivity contribution in [3.63, 3.8) is 0 Å². The summed E-state index contributed by atoms with van der Waals surface area (Å²) in [6.07, 6.45) is 1.47. The molecular weight excluding hydrogens is 246 g/mol. The second-order valence-electron chi connectivity index (χ2n) is 4.71. The van der Waals surface area contributed by atoms with Gasteiger partial charge in [-0.15, -0.1) is 0 Å². The van der Waals surface area contributed by atoms with Crippen molar-refractivity contribution in [3.05, 3.63) is 29.3 Å². The van der Waals surface area contributed by atoms with Crippen molar-refractivity contribution in [3.8, 4) is 0 Å². The molecule has 1 amide bonds. The van der Waals surface area contributed by atoms with Crippen molar-refractivity contribution in [2.45, 2.75) is 19.8 Å².